The monoisotopic (exact) mass is 359 g/mol. The molecule has 138 valence electrons. The number of rotatable bonds is 9. The lowest BCUT2D eigenvalue weighted by atomic mass is 10.1. The van der Waals surface area contributed by atoms with E-state index in [2.05, 4.69) is 5.32 Å². The minimum atomic E-state index is -0.336. The van der Waals surface area contributed by atoms with Crippen LogP contribution < -0.4 is 14.8 Å². The van der Waals surface area contributed by atoms with Crippen molar-refractivity contribution in [3.05, 3.63) is 59.4 Å². The zero-order valence-electron chi connectivity index (χ0n) is 14.9. The van der Waals surface area contributed by atoms with Crippen LogP contribution in [0.1, 0.15) is 35.7 Å². The Bertz CT molecular complexity index is 776. The Morgan fingerprint density at radius 1 is 1.12 bits per heavy atom. The maximum absolute atomic E-state index is 13.5. The molecule has 0 aliphatic rings. The van der Waals surface area contributed by atoms with E-state index in [-0.39, 0.29) is 30.5 Å². The van der Waals surface area contributed by atoms with Gasteiger partial charge in [0, 0.05) is 24.1 Å². The SMILES string of the molecule is COc1cc(C(C)=O)ccc1OCCCC(=O)NCc1ccccc1F. The summed E-state index contributed by atoms with van der Waals surface area (Å²) in [4.78, 5) is 23.2. The van der Waals surface area contributed by atoms with Crippen molar-refractivity contribution in [1.82, 2.24) is 5.32 Å². The van der Waals surface area contributed by atoms with E-state index in [0.717, 1.165) is 0 Å². The number of ether oxygens (including phenoxy) is 2. The summed E-state index contributed by atoms with van der Waals surface area (Å²) in [6.45, 7) is 1.96. The van der Waals surface area contributed by atoms with E-state index in [1.807, 2.05) is 0 Å². The molecule has 0 bridgehead atoms. The Labute approximate surface area is 152 Å². The van der Waals surface area contributed by atoms with Crippen molar-refractivity contribution in [3.8, 4) is 11.5 Å². The second-order valence-electron chi connectivity index (χ2n) is 5.74. The molecule has 6 heteroatoms. The molecular formula is C20H22FNO4. The predicted molar refractivity (Wildman–Crippen MR) is 96.0 cm³/mol. The van der Waals surface area contributed by atoms with Gasteiger partial charge in [-0.1, -0.05) is 18.2 Å². The minimum Gasteiger partial charge on any atom is -0.493 e. The summed E-state index contributed by atoms with van der Waals surface area (Å²) in [5.41, 5.74) is 0.995. The molecule has 2 aromatic rings. The average Bonchev–Trinajstić information content (AvgIpc) is 2.64. The Morgan fingerprint density at radius 2 is 1.88 bits per heavy atom. The number of hydrogen-bond acceptors (Lipinski definition) is 4. The summed E-state index contributed by atoms with van der Waals surface area (Å²) >= 11 is 0. The molecule has 0 aliphatic carbocycles. The Hall–Kier alpha value is -2.89. The summed E-state index contributed by atoms with van der Waals surface area (Å²) in [5, 5.41) is 2.68. The number of nitrogens with one attached hydrogen (secondary N) is 1. The summed E-state index contributed by atoms with van der Waals surface area (Å²) in [6, 6.07) is 11.3. The summed E-state index contributed by atoms with van der Waals surface area (Å²) < 4.78 is 24.3. The van der Waals surface area contributed by atoms with Gasteiger partial charge >= 0.3 is 0 Å². The molecule has 26 heavy (non-hydrogen) atoms. The van der Waals surface area contributed by atoms with Crippen molar-refractivity contribution < 1.29 is 23.5 Å². The predicted octanol–water partition coefficient (Wildman–Crippen LogP) is 3.51. The molecule has 0 aliphatic heterocycles. The highest BCUT2D eigenvalue weighted by molar-refractivity contribution is 5.94. The molecule has 5 nitrogen and oxygen atoms in total. The zero-order chi connectivity index (χ0) is 18.9. The van der Waals surface area contributed by atoms with Gasteiger partial charge in [-0.05, 0) is 37.6 Å². The molecule has 0 saturated heterocycles. The third-order valence-electron chi connectivity index (χ3n) is 3.81. The molecule has 0 radical (unpaired) electrons. The number of ketones is 1. The first-order valence-corrected chi connectivity index (χ1v) is 8.33. The third kappa shape index (κ3) is 5.58. The van der Waals surface area contributed by atoms with Gasteiger partial charge in [-0.2, -0.15) is 0 Å². The number of amides is 1. The van der Waals surface area contributed by atoms with Crippen LogP contribution in [0.3, 0.4) is 0 Å². The Kier molecular flexibility index (Phi) is 7.14. The number of benzene rings is 2. The Morgan fingerprint density at radius 3 is 2.58 bits per heavy atom. The average molecular weight is 359 g/mol. The van der Waals surface area contributed by atoms with E-state index >= 15 is 0 Å². The van der Waals surface area contributed by atoms with E-state index in [9.17, 15) is 14.0 Å². The van der Waals surface area contributed by atoms with Gasteiger partial charge in [-0.3, -0.25) is 9.59 Å². The number of carbonyl (C=O) groups is 2. The van der Waals surface area contributed by atoms with Crippen LogP contribution in [0.4, 0.5) is 4.39 Å². The van der Waals surface area contributed by atoms with E-state index in [4.69, 9.17) is 9.47 Å². The Balaban J connectivity index is 1.75. The van der Waals surface area contributed by atoms with Crippen molar-refractivity contribution in [2.24, 2.45) is 0 Å². The molecule has 0 heterocycles. The standard InChI is InChI=1S/C20H22FNO4/c1-14(23)15-9-10-18(19(12-15)25-2)26-11-5-8-20(24)22-13-16-6-3-4-7-17(16)21/h3-4,6-7,9-10,12H,5,8,11,13H2,1-2H3,(H,22,24). The molecule has 0 atom stereocenters. The van der Waals surface area contributed by atoms with Crippen LogP contribution in [-0.2, 0) is 11.3 Å². The first kappa shape index (κ1) is 19.4. The van der Waals surface area contributed by atoms with Crippen LogP contribution in [-0.4, -0.2) is 25.4 Å². The number of carbonyl (C=O) groups excluding carboxylic acids is 2. The second-order valence-corrected chi connectivity index (χ2v) is 5.74. The number of hydrogen-bond donors (Lipinski definition) is 1. The fourth-order valence-electron chi connectivity index (χ4n) is 2.34. The first-order valence-electron chi connectivity index (χ1n) is 8.33. The van der Waals surface area contributed by atoms with Crippen LogP contribution in [0.5, 0.6) is 11.5 Å². The number of Topliss-reactive ketones (excluding diaryl/α,β-unsaturated/α-hetero) is 1. The molecule has 0 saturated carbocycles. The van der Waals surface area contributed by atoms with Crippen molar-refractivity contribution in [2.45, 2.75) is 26.3 Å². The van der Waals surface area contributed by atoms with E-state index < -0.39 is 0 Å². The maximum Gasteiger partial charge on any atom is 0.220 e. The van der Waals surface area contributed by atoms with Gasteiger partial charge in [0.15, 0.2) is 17.3 Å². The van der Waals surface area contributed by atoms with Gasteiger partial charge in [-0.25, -0.2) is 4.39 Å². The lowest BCUT2D eigenvalue weighted by Crippen LogP contribution is -2.23. The van der Waals surface area contributed by atoms with Crippen molar-refractivity contribution in [1.29, 1.82) is 0 Å². The highest BCUT2D eigenvalue weighted by Crippen LogP contribution is 2.28. The molecule has 0 spiro atoms. The summed E-state index contributed by atoms with van der Waals surface area (Å²) in [7, 11) is 1.50. The van der Waals surface area contributed by atoms with Crippen LogP contribution in [0.15, 0.2) is 42.5 Å². The van der Waals surface area contributed by atoms with Gasteiger partial charge in [0.25, 0.3) is 0 Å². The molecule has 1 amide bonds. The normalized spacial score (nSPS) is 10.3. The number of methoxy groups -OCH3 is 1. The molecule has 1 N–H and O–H groups in total. The summed E-state index contributed by atoms with van der Waals surface area (Å²) in [6.07, 6.45) is 0.767. The molecule has 2 rings (SSSR count). The van der Waals surface area contributed by atoms with Crippen LogP contribution in [0.2, 0.25) is 0 Å². The van der Waals surface area contributed by atoms with E-state index in [1.165, 1.54) is 20.1 Å². The lowest BCUT2D eigenvalue weighted by molar-refractivity contribution is -0.121. The minimum absolute atomic E-state index is 0.0543. The van der Waals surface area contributed by atoms with Crippen LogP contribution in [0, 0.1) is 5.82 Å². The van der Waals surface area contributed by atoms with E-state index in [0.29, 0.717) is 35.7 Å². The van der Waals surface area contributed by atoms with Crippen LogP contribution >= 0.6 is 0 Å². The summed E-state index contributed by atoms with van der Waals surface area (Å²) in [5.74, 6) is 0.431. The van der Waals surface area contributed by atoms with E-state index in [1.54, 1.807) is 36.4 Å². The van der Waals surface area contributed by atoms with Crippen LogP contribution in [0.25, 0.3) is 0 Å². The lowest BCUT2D eigenvalue weighted by Gasteiger charge is -2.11. The maximum atomic E-state index is 13.5. The van der Waals surface area contributed by atoms with Gasteiger partial charge in [0.2, 0.25) is 5.91 Å². The highest BCUT2D eigenvalue weighted by Gasteiger charge is 2.09. The molecule has 0 unspecified atom stereocenters. The molecular weight excluding hydrogens is 337 g/mol. The fourth-order valence-corrected chi connectivity index (χ4v) is 2.34. The topological polar surface area (TPSA) is 64.6 Å². The van der Waals surface area contributed by atoms with Gasteiger partial charge in [0.1, 0.15) is 5.82 Å². The molecule has 0 fully saturated rings. The van der Waals surface area contributed by atoms with Crippen molar-refractivity contribution in [3.63, 3.8) is 0 Å². The smallest absolute Gasteiger partial charge is 0.220 e. The zero-order valence-corrected chi connectivity index (χ0v) is 14.9. The number of halogens is 1. The van der Waals surface area contributed by atoms with Gasteiger partial charge in [-0.15, -0.1) is 0 Å². The first-order chi connectivity index (χ1) is 12.5. The second kappa shape index (κ2) is 9.56. The third-order valence-corrected chi connectivity index (χ3v) is 3.81. The van der Waals surface area contributed by atoms with Gasteiger partial charge < -0.3 is 14.8 Å². The largest absolute Gasteiger partial charge is 0.493 e. The molecule has 0 aromatic heterocycles. The van der Waals surface area contributed by atoms with Gasteiger partial charge in [0.05, 0.1) is 13.7 Å². The highest BCUT2D eigenvalue weighted by atomic mass is 19.1. The quantitative estimate of drug-likeness (QED) is 0.550. The fraction of sp³-hybridized carbons (Fsp3) is 0.300. The molecule has 2 aromatic carbocycles. The van der Waals surface area contributed by atoms with Crippen molar-refractivity contribution >= 4 is 11.7 Å². The van der Waals surface area contributed by atoms with Crippen molar-refractivity contribution in [2.75, 3.05) is 13.7 Å².